The van der Waals surface area contributed by atoms with Crippen LogP contribution in [0.2, 0.25) is 0 Å². The van der Waals surface area contributed by atoms with Crippen molar-refractivity contribution in [1.29, 1.82) is 0 Å². The first-order chi connectivity index (χ1) is 7.78. The molecule has 2 aliphatic rings. The second kappa shape index (κ2) is 3.70. The number of hydrogen-bond acceptors (Lipinski definition) is 2. The molecule has 2 saturated carbocycles. The van der Waals surface area contributed by atoms with E-state index in [1.54, 1.807) is 0 Å². The van der Waals surface area contributed by atoms with Gasteiger partial charge < -0.3 is 4.74 Å². The lowest BCUT2D eigenvalue weighted by Gasteiger charge is -2.51. The maximum atomic E-state index is 11.4. The Balaban J connectivity index is 1.47. The van der Waals surface area contributed by atoms with Crippen LogP contribution in [0.4, 0.5) is 0 Å². The van der Waals surface area contributed by atoms with E-state index in [2.05, 4.69) is 12.1 Å². The van der Waals surface area contributed by atoms with Gasteiger partial charge in [-0.1, -0.05) is 30.3 Å². The number of carbonyl (C=O) groups is 1. The molecule has 0 aliphatic heterocycles. The molecule has 0 heterocycles. The number of hydrogen-bond donors (Lipinski definition) is 0. The van der Waals surface area contributed by atoms with Crippen LogP contribution in [0.15, 0.2) is 30.3 Å². The summed E-state index contributed by atoms with van der Waals surface area (Å²) in [6.07, 6.45) is 4.12. The number of rotatable bonds is 3. The first-order valence-corrected chi connectivity index (χ1v) is 5.97. The lowest BCUT2D eigenvalue weighted by molar-refractivity contribution is -0.163. The molecule has 0 saturated heterocycles. The van der Waals surface area contributed by atoms with Gasteiger partial charge in [0.25, 0.3) is 0 Å². The van der Waals surface area contributed by atoms with Gasteiger partial charge in [-0.25, -0.2) is 0 Å². The molecule has 2 fully saturated rings. The lowest BCUT2D eigenvalue weighted by atomic mass is 9.54. The van der Waals surface area contributed by atoms with Gasteiger partial charge >= 0.3 is 0 Å². The average molecular weight is 216 g/mol. The Morgan fingerprint density at radius 1 is 1.25 bits per heavy atom. The molecule has 2 nitrogen and oxygen atoms in total. The van der Waals surface area contributed by atoms with Crippen LogP contribution >= 0.6 is 0 Å². The van der Waals surface area contributed by atoms with E-state index < -0.39 is 0 Å². The van der Waals surface area contributed by atoms with Crippen LogP contribution in [0.25, 0.3) is 0 Å². The SMILES string of the molecule is O=C1CCC12CC(OCc1ccccc1)C2. The van der Waals surface area contributed by atoms with Crippen LogP contribution in [-0.2, 0) is 16.1 Å². The molecule has 0 N–H and O–H groups in total. The first-order valence-electron chi connectivity index (χ1n) is 5.97. The maximum Gasteiger partial charge on any atom is 0.139 e. The van der Waals surface area contributed by atoms with Gasteiger partial charge in [-0.3, -0.25) is 4.79 Å². The Labute approximate surface area is 95.6 Å². The van der Waals surface area contributed by atoms with Gasteiger partial charge in [0, 0.05) is 11.8 Å². The predicted molar refractivity (Wildman–Crippen MR) is 60.9 cm³/mol. The summed E-state index contributed by atoms with van der Waals surface area (Å²) >= 11 is 0. The standard InChI is InChI=1S/C14H16O2/c15-13-6-7-14(13)8-12(9-14)16-10-11-4-2-1-3-5-11/h1-5,12H,6-10H2. The average Bonchev–Trinajstić information content (AvgIpc) is 2.26. The summed E-state index contributed by atoms with van der Waals surface area (Å²) < 4.78 is 5.79. The van der Waals surface area contributed by atoms with Crippen LogP contribution < -0.4 is 0 Å². The predicted octanol–water partition coefficient (Wildman–Crippen LogP) is 2.71. The Morgan fingerprint density at radius 2 is 2.00 bits per heavy atom. The minimum atomic E-state index is 0.0569. The molecule has 0 unspecified atom stereocenters. The zero-order valence-electron chi connectivity index (χ0n) is 9.32. The van der Waals surface area contributed by atoms with Gasteiger partial charge in [-0.05, 0) is 24.8 Å². The minimum Gasteiger partial charge on any atom is -0.373 e. The van der Waals surface area contributed by atoms with Crippen molar-refractivity contribution < 1.29 is 9.53 Å². The lowest BCUT2D eigenvalue weighted by Crippen LogP contribution is -2.53. The highest BCUT2D eigenvalue weighted by Gasteiger charge is 2.55. The van der Waals surface area contributed by atoms with Crippen molar-refractivity contribution >= 4 is 5.78 Å². The molecule has 1 aromatic rings. The molecule has 2 aliphatic carbocycles. The van der Waals surface area contributed by atoms with E-state index in [0.717, 1.165) is 25.7 Å². The molecule has 0 amide bonds. The van der Waals surface area contributed by atoms with E-state index in [1.165, 1.54) is 5.56 Å². The summed E-state index contributed by atoms with van der Waals surface area (Å²) in [6, 6.07) is 10.2. The van der Waals surface area contributed by atoms with Crippen LogP contribution in [0.5, 0.6) is 0 Å². The number of benzene rings is 1. The van der Waals surface area contributed by atoms with Crippen molar-refractivity contribution in [3.05, 3.63) is 35.9 Å². The van der Waals surface area contributed by atoms with E-state index in [0.29, 0.717) is 18.5 Å². The second-order valence-corrected chi connectivity index (χ2v) is 5.03. The fourth-order valence-electron chi connectivity index (χ4n) is 2.73. The Kier molecular flexibility index (Phi) is 2.32. The number of carbonyl (C=O) groups excluding carboxylic acids is 1. The zero-order chi connectivity index (χ0) is 11.0. The molecular formula is C14H16O2. The smallest absolute Gasteiger partial charge is 0.139 e. The van der Waals surface area contributed by atoms with Crippen molar-refractivity contribution in [2.24, 2.45) is 5.41 Å². The van der Waals surface area contributed by atoms with Gasteiger partial charge in [0.1, 0.15) is 5.78 Å². The highest BCUT2D eigenvalue weighted by molar-refractivity contribution is 5.91. The molecule has 1 spiro atoms. The molecule has 0 bridgehead atoms. The Bertz CT molecular complexity index is 390. The van der Waals surface area contributed by atoms with Crippen LogP contribution in [0.3, 0.4) is 0 Å². The van der Waals surface area contributed by atoms with Crippen LogP contribution in [0, 0.1) is 5.41 Å². The van der Waals surface area contributed by atoms with Gasteiger partial charge in [-0.2, -0.15) is 0 Å². The van der Waals surface area contributed by atoms with Crippen molar-refractivity contribution in [2.75, 3.05) is 0 Å². The number of ether oxygens (including phenoxy) is 1. The topological polar surface area (TPSA) is 26.3 Å². The van der Waals surface area contributed by atoms with E-state index in [4.69, 9.17) is 4.74 Å². The summed E-state index contributed by atoms with van der Waals surface area (Å²) in [5.74, 6) is 0.465. The molecule has 84 valence electrons. The summed E-state index contributed by atoms with van der Waals surface area (Å²) in [6.45, 7) is 0.676. The summed E-state index contributed by atoms with van der Waals surface area (Å²) in [5, 5.41) is 0. The van der Waals surface area contributed by atoms with Crippen molar-refractivity contribution in [2.45, 2.75) is 38.4 Å². The highest BCUT2D eigenvalue weighted by Crippen LogP contribution is 2.54. The number of Topliss-reactive ketones (excluding diaryl/α,β-unsaturated/α-hetero) is 1. The van der Waals surface area contributed by atoms with E-state index in [9.17, 15) is 4.79 Å². The highest BCUT2D eigenvalue weighted by atomic mass is 16.5. The number of ketones is 1. The van der Waals surface area contributed by atoms with Crippen LogP contribution in [-0.4, -0.2) is 11.9 Å². The minimum absolute atomic E-state index is 0.0569. The van der Waals surface area contributed by atoms with Crippen molar-refractivity contribution in [1.82, 2.24) is 0 Å². The van der Waals surface area contributed by atoms with Gasteiger partial charge in [0.15, 0.2) is 0 Å². The molecular weight excluding hydrogens is 200 g/mol. The van der Waals surface area contributed by atoms with E-state index in [1.807, 2.05) is 18.2 Å². The summed E-state index contributed by atoms with van der Waals surface area (Å²) in [7, 11) is 0. The quantitative estimate of drug-likeness (QED) is 0.776. The zero-order valence-corrected chi connectivity index (χ0v) is 9.32. The molecule has 0 aromatic heterocycles. The Hall–Kier alpha value is -1.15. The molecule has 1 aromatic carbocycles. The second-order valence-electron chi connectivity index (χ2n) is 5.03. The molecule has 16 heavy (non-hydrogen) atoms. The molecule has 0 atom stereocenters. The molecule has 0 radical (unpaired) electrons. The van der Waals surface area contributed by atoms with Crippen molar-refractivity contribution in [3.8, 4) is 0 Å². The first kappa shape index (κ1) is 10.0. The van der Waals surface area contributed by atoms with Gasteiger partial charge in [-0.15, -0.1) is 0 Å². The molecule has 2 heteroatoms. The van der Waals surface area contributed by atoms with Gasteiger partial charge in [0.2, 0.25) is 0 Å². The third kappa shape index (κ3) is 1.57. The van der Waals surface area contributed by atoms with Gasteiger partial charge in [0.05, 0.1) is 12.7 Å². The van der Waals surface area contributed by atoms with E-state index in [-0.39, 0.29) is 5.41 Å². The van der Waals surface area contributed by atoms with Crippen molar-refractivity contribution in [3.63, 3.8) is 0 Å². The third-order valence-corrected chi connectivity index (χ3v) is 3.99. The molecule has 3 rings (SSSR count). The Morgan fingerprint density at radius 3 is 2.56 bits per heavy atom. The normalized spacial score (nSPS) is 32.2. The fourth-order valence-corrected chi connectivity index (χ4v) is 2.73. The summed E-state index contributed by atoms with van der Waals surface area (Å²) in [4.78, 5) is 11.4. The monoisotopic (exact) mass is 216 g/mol. The van der Waals surface area contributed by atoms with Crippen LogP contribution in [0.1, 0.15) is 31.2 Å². The third-order valence-electron chi connectivity index (χ3n) is 3.99. The summed E-state index contributed by atoms with van der Waals surface area (Å²) in [5.41, 5.74) is 1.27. The maximum absolute atomic E-state index is 11.4. The largest absolute Gasteiger partial charge is 0.373 e. The fraction of sp³-hybridized carbons (Fsp3) is 0.500. The van der Waals surface area contributed by atoms with E-state index >= 15 is 0 Å².